The van der Waals surface area contributed by atoms with E-state index < -0.39 is 0 Å². The average molecular weight is 312 g/mol. The number of allylic oxidation sites excluding steroid dienone is 2. The van der Waals surface area contributed by atoms with Crippen molar-refractivity contribution in [3.05, 3.63) is 64.7 Å². The van der Waals surface area contributed by atoms with Crippen LogP contribution in [0.25, 0.3) is 11.0 Å². The molecule has 0 bridgehead atoms. The molecule has 1 N–H and O–H groups in total. The number of nitrogens with one attached hydrogen (secondary N) is 1. The number of rotatable bonds is 6. The van der Waals surface area contributed by atoms with Gasteiger partial charge in [0.1, 0.15) is 17.9 Å². The lowest BCUT2D eigenvalue weighted by atomic mass is 10.1. The van der Waals surface area contributed by atoms with E-state index in [9.17, 15) is 4.79 Å². The lowest BCUT2D eigenvalue weighted by Crippen LogP contribution is -3.07. The third-order valence-electron chi connectivity index (χ3n) is 4.04. The zero-order chi connectivity index (χ0) is 16.1. The highest BCUT2D eigenvalue weighted by Gasteiger charge is 2.06. The summed E-state index contributed by atoms with van der Waals surface area (Å²) in [5.41, 5.74) is 1.19. The summed E-state index contributed by atoms with van der Waals surface area (Å²) < 4.78 is 11.0. The molecule has 0 amide bonds. The first-order valence-corrected chi connectivity index (χ1v) is 8.07. The van der Waals surface area contributed by atoms with Gasteiger partial charge in [-0.05, 0) is 43.2 Å². The van der Waals surface area contributed by atoms with Crippen molar-refractivity contribution in [2.24, 2.45) is 0 Å². The molecule has 3 rings (SSSR count). The monoisotopic (exact) mass is 312 g/mol. The number of quaternary nitrogens is 1. The van der Waals surface area contributed by atoms with E-state index in [1.54, 1.807) is 6.07 Å². The number of benzene rings is 1. The van der Waals surface area contributed by atoms with Crippen molar-refractivity contribution in [2.45, 2.75) is 19.8 Å². The minimum atomic E-state index is -0.321. The Kier molecular flexibility index (Phi) is 4.93. The van der Waals surface area contributed by atoms with Gasteiger partial charge in [0, 0.05) is 23.9 Å². The van der Waals surface area contributed by atoms with Gasteiger partial charge >= 0.3 is 5.63 Å². The quantitative estimate of drug-likeness (QED) is 0.657. The third-order valence-corrected chi connectivity index (χ3v) is 4.04. The fourth-order valence-electron chi connectivity index (χ4n) is 2.78. The lowest BCUT2D eigenvalue weighted by Gasteiger charge is -2.14. The highest BCUT2D eigenvalue weighted by molar-refractivity contribution is 5.81. The summed E-state index contributed by atoms with van der Waals surface area (Å²) in [6.07, 6.45) is 10.7. The highest BCUT2D eigenvalue weighted by Crippen LogP contribution is 2.22. The van der Waals surface area contributed by atoms with Crippen LogP contribution in [-0.4, -0.2) is 19.7 Å². The van der Waals surface area contributed by atoms with Gasteiger partial charge in [0.15, 0.2) is 0 Å². The number of aryl methyl sites for hydroxylation is 1. The molecule has 0 spiro atoms. The van der Waals surface area contributed by atoms with Gasteiger partial charge in [-0.15, -0.1) is 0 Å². The molecule has 2 heterocycles. The largest absolute Gasteiger partial charge is 0.493 e. The fourth-order valence-corrected chi connectivity index (χ4v) is 2.78. The molecule has 23 heavy (non-hydrogen) atoms. The number of hydrogen-bond donors (Lipinski definition) is 1. The van der Waals surface area contributed by atoms with Crippen molar-refractivity contribution in [2.75, 3.05) is 19.7 Å². The predicted octanol–water partition coefficient (Wildman–Crippen LogP) is 2.23. The molecule has 1 aliphatic heterocycles. The van der Waals surface area contributed by atoms with Gasteiger partial charge in [0.2, 0.25) is 0 Å². The standard InChI is InChI=1S/C19H21NO3/c1-15-13-19(21)23-18-14-16(7-8-17(15)18)22-12-6-5-11-20-9-3-2-4-10-20/h2-4,7-9,13-14H,5-6,10-12H2,1H3/p+1. The molecule has 120 valence electrons. The second-order valence-corrected chi connectivity index (χ2v) is 5.86. The van der Waals surface area contributed by atoms with E-state index in [2.05, 4.69) is 24.4 Å². The lowest BCUT2D eigenvalue weighted by molar-refractivity contribution is -0.841. The van der Waals surface area contributed by atoms with Gasteiger partial charge in [-0.3, -0.25) is 0 Å². The van der Waals surface area contributed by atoms with Crippen molar-refractivity contribution >= 4 is 11.0 Å². The molecule has 1 aromatic heterocycles. The Morgan fingerprint density at radius 3 is 2.96 bits per heavy atom. The van der Waals surface area contributed by atoms with Crippen LogP contribution in [-0.2, 0) is 0 Å². The molecule has 1 aromatic carbocycles. The highest BCUT2D eigenvalue weighted by atomic mass is 16.5. The van der Waals surface area contributed by atoms with Crippen LogP contribution in [0.1, 0.15) is 18.4 Å². The van der Waals surface area contributed by atoms with Crippen molar-refractivity contribution in [3.8, 4) is 5.75 Å². The minimum Gasteiger partial charge on any atom is -0.493 e. The van der Waals surface area contributed by atoms with E-state index in [-0.39, 0.29) is 5.63 Å². The first-order chi connectivity index (χ1) is 11.2. The normalized spacial score (nSPS) is 16.8. The molecule has 0 fully saturated rings. The number of unbranched alkanes of at least 4 members (excludes halogenated alkanes) is 1. The SMILES string of the molecule is Cc1cc(=O)oc2cc(OCCCC[NH+]3C=CC=CC3)ccc12. The van der Waals surface area contributed by atoms with E-state index >= 15 is 0 Å². The van der Waals surface area contributed by atoms with E-state index in [4.69, 9.17) is 9.15 Å². The van der Waals surface area contributed by atoms with Gasteiger partial charge in [0.25, 0.3) is 0 Å². The van der Waals surface area contributed by atoms with Crippen molar-refractivity contribution < 1.29 is 14.1 Å². The Hall–Kier alpha value is -2.33. The fraction of sp³-hybridized carbons (Fsp3) is 0.316. The third kappa shape index (κ3) is 4.11. The van der Waals surface area contributed by atoms with Gasteiger partial charge in [-0.2, -0.15) is 0 Å². The summed E-state index contributed by atoms with van der Waals surface area (Å²) in [7, 11) is 0. The summed E-state index contributed by atoms with van der Waals surface area (Å²) in [4.78, 5) is 12.9. The summed E-state index contributed by atoms with van der Waals surface area (Å²) in [6, 6.07) is 7.18. The molecule has 1 aliphatic rings. The average Bonchev–Trinajstić information content (AvgIpc) is 2.55. The van der Waals surface area contributed by atoms with Gasteiger partial charge < -0.3 is 14.1 Å². The first-order valence-electron chi connectivity index (χ1n) is 8.07. The molecule has 0 saturated carbocycles. The van der Waals surface area contributed by atoms with E-state index in [1.807, 2.05) is 19.1 Å². The zero-order valence-corrected chi connectivity index (χ0v) is 13.4. The molecular weight excluding hydrogens is 290 g/mol. The van der Waals surface area contributed by atoms with Gasteiger partial charge in [0.05, 0.1) is 19.4 Å². The van der Waals surface area contributed by atoms with Crippen molar-refractivity contribution in [1.82, 2.24) is 0 Å². The summed E-state index contributed by atoms with van der Waals surface area (Å²) >= 11 is 0. The van der Waals surface area contributed by atoms with E-state index in [1.165, 1.54) is 11.0 Å². The van der Waals surface area contributed by atoms with Crippen molar-refractivity contribution in [3.63, 3.8) is 0 Å². The Balaban J connectivity index is 1.50. The van der Waals surface area contributed by atoms with Gasteiger partial charge in [-0.1, -0.05) is 6.08 Å². The van der Waals surface area contributed by atoms with Crippen LogP contribution in [0.3, 0.4) is 0 Å². The molecular formula is C19H22NO3+. The molecule has 1 unspecified atom stereocenters. The maximum absolute atomic E-state index is 11.4. The maximum Gasteiger partial charge on any atom is 0.336 e. The Morgan fingerprint density at radius 2 is 2.13 bits per heavy atom. The van der Waals surface area contributed by atoms with Crippen molar-refractivity contribution in [1.29, 1.82) is 0 Å². The minimum absolute atomic E-state index is 0.321. The van der Waals surface area contributed by atoms with Crippen LogP contribution < -0.4 is 15.3 Å². The molecule has 2 aromatic rings. The molecule has 4 nitrogen and oxygen atoms in total. The topological polar surface area (TPSA) is 43.9 Å². The molecule has 0 saturated heterocycles. The molecule has 1 atom stereocenters. The van der Waals surface area contributed by atoms with Gasteiger partial charge in [-0.25, -0.2) is 4.79 Å². The van der Waals surface area contributed by atoms with Crippen LogP contribution in [0.4, 0.5) is 0 Å². The summed E-state index contributed by atoms with van der Waals surface area (Å²) in [5, 5.41) is 0.950. The molecule has 4 heteroatoms. The number of ether oxygens (including phenoxy) is 1. The van der Waals surface area contributed by atoms with Crippen LogP contribution in [0.2, 0.25) is 0 Å². The maximum atomic E-state index is 11.4. The number of hydrogen-bond acceptors (Lipinski definition) is 3. The predicted molar refractivity (Wildman–Crippen MR) is 90.9 cm³/mol. The van der Waals surface area contributed by atoms with Crippen LogP contribution in [0, 0.1) is 6.92 Å². The Labute approximate surface area is 135 Å². The summed E-state index contributed by atoms with van der Waals surface area (Å²) in [6.45, 7) is 4.77. The van der Waals surface area contributed by atoms with Crippen LogP contribution >= 0.6 is 0 Å². The summed E-state index contributed by atoms with van der Waals surface area (Å²) in [5.74, 6) is 0.749. The van der Waals surface area contributed by atoms with E-state index in [0.717, 1.165) is 42.6 Å². The van der Waals surface area contributed by atoms with E-state index in [0.29, 0.717) is 12.2 Å². The molecule has 0 radical (unpaired) electrons. The van der Waals surface area contributed by atoms with Crippen LogP contribution in [0.15, 0.2) is 57.9 Å². The second-order valence-electron chi connectivity index (χ2n) is 5.86. The smallest absolute Gasteiger partial charge is 0.336 e. The first kappa shape index (κ1) is 15.6. The Morgan fingerprint density at radius 1 is 1.22 bits per heavy atom. The van der Waals surface area contributed by atoms with Crippen LogP contribution in [0.5, 0.6) is 5.75 Å². The number of fused-ring (bicyclic) bond motifs is 1. The second kappa shape index (κ2) is 7.29. The Bertz CT molecular complexity index is 789. The zero-order valence-electron chi connectivity index (χ0n) is 13.4. The molecule has 0 aliphatic carbocycles.